The van der Waals surface area contributed by atoms with Gasteiger partial charge in [0.05, 0.1) is 13.0 Å². The Morgan fingerprint density at radius 3 is 2.60 bits per heavy atom. The highest BCUT2D eigenvalue weighted by Gasteiger charge is 2.04. The molecule has 0 spiro atoms. The fourth-order valence-electron chi connectivity index (χ4n) is 1.12. The molecule has 0 saturated heterocycles. The quantitative estimate of drug-likeness (QED) is 0.691. The van der Waals surface area contributed by atoms with Crippen molar-refractivity contribution in [2.75, 3.05) is 6.61 Å². The molecule has 0 atom stereocenters. The van der Waals surface area contributed by atoms with Crippen LogP contribution in [0.3, 0.4) is 0 Å². The van der Waals surface area contributed by atoms with Gasteiger partial charge in [-0.1, -0.05) is 44.2 Å². The molecular weight excluding hydrogens is 188 g/mol. The van der Waals surface area contributed by atoms with Gasteiger partial charge >= 0.3 is 5.97 Å². The van der Waals surface area contributed by atoms with Crippen molar-refractivity contribution >= 4 is 5.97 Å². The number of esters is 1. The minimum absolute atomic E-state index is 0.229. The standard InChI is InChI=1S/C13H17O2/c1-11(2)10-15-13(14)9-8-12-6-4-3-5-7-12/h3-7,9,11H,8,10H2,1-2H3. The molecule has 2 nitrogen and oxygen atoms in total. The third-order valence-electron chi connectivity index (χ3n) is 1.91. The zero-order valence-electron chi connectivity index (χ0n) is 9.27. The van der Waals surface area contributed by atoms with Crippen LogP contribution in [0.15, 0.2) is 30.3 Å². The van der Waals surface area contributed by atoms with Gasteiger partial charge in [-0.3, -0.25) is 4.79 Å². The van der Waals surface area contributed by atoms with Crippen molar-refractivity contribution in [1.82, 2.24) is 0 Å². The molecule has 0 saturated carbocycles. The normalized spacial score (nSPS) is 10.3. The minimum atomic E-state index is -0.229. The lowest BCUT2D eigenvalue weighted by Gasteiger charge is -2.06. The molecule has 81 valence electrons. The Morgan fingerprint density at radius 1 is 1.33 bits per heavy atom. The van der Waals surface area contributed by atoms with Gasteiger partial charge < -0.3 is 4.74 Å². The van der Waals surface area contributed by atoms with Gasteiger partial charge in [-0.25, -0.2) is 0 Å². The molecule has 0 unspecified atom stereocenters. The monoisotopic (exact) mass is 205 g/mol. The van der Waals surface area contributed by atoms with Gasteiger partial charge in [0, 0.05) is 0 Å². The Bertz CT molecular complexity index is 291. The topological polar surface area (TPSA) is 26.3 Å². The fourth-order valence-corrected chi connectivity index (χ4v) is 1.12. The molecule has 0 aliphatic heterocycles. The summed E-state index contributed by atoms with van der Waals surface area (Å²) in [5, 5.41) is 0. The summed E-state index contributed by atoms with van der Waals surface area (Å²) in [4.78, 5) is 11.2. The third-order valence-corrected chi connectivity index (χ3v) is 1.91. The summed E-state index contributed by atoms with van der Waals surface area (Å²) in [6, 6.07) is 9.87. The number of rotatable bonds is 5. The summed E-state index contributed by atoms with van der Waals surface area (Å²) in [5.74, 6) is 0.159. The molecule has 0 amide bonds. The highest BCUT2D eigenvalue weighted by atomic mass is 16.5. The Morgan fingerprint density at radius 2 is 2.00 bits per heavy atom. The number of hydrogen-bond acceptors (Lipinski definition) is 2. The third kappa shape index (κ3) is 5.21. The zero-order chi connectivity index (χ0) is 11.1. The van der Waals surface area contributed by atoms with Crippen molar-refractivity contribution < 1.29 is 9.53 Å². The summed E-state index contributed by atoms with van der Waals surface area (Å²) >= 11 is 0. The number of ether oxygens (including phenoxy) is 1. The van der Waals surface area contributed by atoms with E-state index in [1.54, 1.807) is 6.42 Å². The van der Waals surface area contributed by atoms with E-state index in [9.17, 15) is 4.79 Å². The van der Waals surface area contributed by atoms with E-state index in [1.165, 1.54) is 0 Å². The van der Waals surface area contributed by atoms with Crippen LogP contribution in [0.1, 0.15) is 19.4 Å². The van der Waals surface area contributed by atoms with Crippen LogP contribution in [0, 0.1) is 12.3 Å². The van der Waals surface area contributed by atoms with Crippen molar-refractivity contribution in [1.29, 1.82) is 0 Å². The summed E-state index contributed by atoms with van der Waals surface area (Å²) in [7, 11) is 0. The van der Waals surface area contributed by atoms with E-state index in [0.29, 0.717) is 18.9 Å². The maximum absolute atomic E-state index is 11.2. The summed E-state index contributed by atoms with van der Waals surface area (Å²) in [6.45, 7) is 4.53. The van der Waals surface area contributed by atoms with Crippen LogP contribution in [0.25, 0.3) is 0 Å². The average molecular weight is 205 g/mol. The van der Waals surface area contributed by atoms with E-state index >= 15 is 0 Å². The first-order chi connectivity index (χ1) is 7.18. The van der Waals surface area contributed by atoms with Gasteiger partial charge in [0.1, 0.15) is 0 Å². The Hall–Kier alpha value is -1.31. The van der Waals surface area contributed by atoms with Gasteiger partial charge in [-0.05, 0) is 17.9 Å². The van der Waals surface area contributed by atoms with Crippen LogP contribution in [0.5, 0.6) is 0 Å². The molecule has 0 fully saturated rings. The Labute approximate surface area is 91.3 Å². The zero-order valence-corrected chi connectivity index (χ0v) is 9.27. The number of benzene rings is 1. The lowest BCUT2D eigenvalue weighted by atomic mass is 10.1. The first-order valence-electron chi connectivity index (χ1n) is 5.22. The molecule has 1 aromatic carbocycles. The molecule has 1 radical (unpaired) electrons. The molecule has 1 aromatic rings. The maximum atomic E-state index is 11.2. The number of carbonyl (C=O) groups is 1. The van der Waals surface area contributed by atoms with E-state index in [2.05, 4.69) is 0 Å². The van der Waals surface area contributed by atoms with E-state index in [-0.39, 0.29) is 5.97 Å². The molecular formula is C13H17O2. The van der Waals surface area contributed by atoms with Crippen LogP contribution in [-0.2, 0) is 16.0 Å². The molecule has 1 rings (SSSR count). The van der Waals surface area contributed by atoms with Gasteiger partial charge in [0.25, 0.3) is 0 Å². The van der Waals surface area contributed by atoms with Gasteiger partial charge in [-0.2, -0.15) is 0 Å². The van der Waals surface area contributed by atoms with Crippen LogP contribution in [0.4, 0.5) is 0 Å². The summed E-state index contributed by atoms with van der Waals surface area (Å²) in [6.07, 6.45) is 2.22. The first kappa shape index (κ1) is 11.8. The number of carbonyl (C=O) groups excluding carboxylic acids is 1. The average Bonchev–Trinajstić information content (AvgIpc) is 2.25. The molecule has 0 bridgehead atoms. The van der Waals surface area contributed by atoms with E-state index in [4.69, 9.17) is 4.74 Å². The van der Waals surface area contributed by atoms with E-state index < -0.39 is 0 Å². The second-order valence-electron chi connectivity index (χ2n) is 3.92. The first-order valence-corrected chi connectivity index (χ1v) is 5.22. The van der Waals surface area contributed by atoms with Crippen molar-refractivity contribution in [2.24, 2.45) is 5.92 Å². The molecule has 0 heterocycles. The van der Waals surface area contributed by atoms with Crippen molar-refractivity contribution in [3.63, 3.8) is 0 Å². The van der Waals surface area contributed by atoms with Crippen LogP contribution >= 0.6 is 0 Å². The Kier molecular flexibility index (Phi) is 4.88. The predicted octanol–water partition coefficient (Wildman–Crippen LogP) is 2.63. The molecule has 0 N–H and O–H groups in total. The fraction of sp³-hybridized carbons (Fsp3) is 0.385. The van der Waals surface area contributed by atoms with Crippen LogP contribution in [0.2, 0.25) is 0 Å². The van der Waals surface area contributed by atoms with Crippen molar-refractivity contribution in [3.8, 4) is 0 Å². The van der Waals surface area contributed by atoms with E-state index in [0.717, 1.165) is 5.56 Å². The van der Waals surface area contributed by atoms with E-state index in [1.807, 2.05) is 44.2 Å². The van der Waals surface area contributed by atoms with Crippen LogP contribution < -0.4 is 0 Å². The predicted molar refractivity (Wildman–Crippen MR) is 60.2 cm³/mol. The molecule has 0 aromatic heterocycles. The Balaban J connectivity index is 2.23. The lowest BCUT2D eigenvalue weighted by molar-refractivity contribution is -0.140. The largest absolute Gasteiger partial charge is 0.465 e. The highest BCUT2D eigenvalue weighted by Crippen LogP contribution is 2.03. The van der Waals surface area contributed by atoms with Crippen molar-refractivity contribution in [3.05, 3.63) is 42.3 Å². The molecule has 0 aliphatic rings. The molecule has 15 heavy (non-hydrogen) atoms. The SMILES string of the molecule is CC(C)COC(=O)[CH]Cc1ccccc1. The smallest absolute Gasteiger partial charge is 0.310 e. The van der Waals surface area contributed by atoms with Gasteiger partial charge in [-0.15, -0.1) is 0 Å². The van der Waals surface area contributed by atoms with Gasteiger partial charge in [0.15, 0.2) is 0 Å². The highest BCUT2D eigenvalue weighted by molar-refractivity contribution is 5.79. The van der Waals surface area contributed by atoms with Crippen LogP contribution in [-0.4, -0.2) is 12.6 Å². The number of hydrogen-bond donors (Lipinski definition) is 0. The summed E-state index contributed by atoms with van der Waals surface area (Å²) < 4.78 is 5.03. The second-order valence-corrected chi connectivity index (χ2v) is 3.92. The molecule has 2 heteroatoms. The minimum Gasteiger partial charge on any atom is -0.465 e. The summed E-state index contributed by atoms with van der Waals surface area (Å²) in [5.41, 5.74) is 1.12. The lowest BCUT2D eigenvalue weighted by Crippen LogP contribution is -2.11. The van der Waals surface area contributed by atoms with Gasteiger partial charge in [0.2, 0.25) is 0 Å². The second kappa shape index (κ2) is 6.23. The maximum Gasteiger partial charge on any atom is 0.310 e. The molecule has 0 aliphatic carbocycles. The van der Waals surface area contributed by atoms with Crippen molar-refractivity contribution in [2.45, 2.75) is 20.3 Å².